The van der Waals surface area contributed by atoms with E-state index in [1.165, 1.54) is 0 Å². The van der Waals surface area contributed by atoms with Crippen molar-refractivity contribution < 1.29 is 0 Å². The molecular formula is C16H15N5. The van der Waals surface area contributed by atoms with Crippen LogP contribution in [0.1, 0.15) is 5.56 Å². The number of hydrogen-bond acceptors (Lipinski definition) is 3. The van der Waals surface area contributed by atoms with E-state index in [1.807, 2.05) is 65.8 Å². The van der Waals surface area contributed by atoms with Gasteiger partial charge in [0, 0.05) is 18.8 Å². The molecule has 0 amide bonds. The monoisotopic (exact) mass is 277 g/mol. The van der Waals surface area contributed by atoms with Crippen molar-refractivity contribution in [3.05, 3.63) is 48.4 Å². The third-order valence-corrected chi connectivity index (χ3v) is 3.88. The molecule has 0 fully saturated rings. The molecule has 0 spiro atoms. The van der Waals surface area contributed by atoms with Crippen LogP contribution in [-0.4, -0.2) is 18.9 Å². The van der Waals surface area contributed by atoms with E-state index in [0.717, 1.165) is 33.5 Å². The lowest BCUT2D eigenvalue weighted by atomic mass is 10.1. The standard InChI is InChI=1S/C16H15N5/c1-10-4-3-7-21-15(17)14(19-16(10)21)11-5-6-13-12(8-11)18-9-20(13)2/h3-9H,17H2,1-2H3. The Balaban J connectivity index is 1.99. The van der Waals surface area contributed by atoms with Crippen LogP contribution in [-0.2, 0) is 7.05 Å². The fourth-order valence-corrected chi connectivity index (χ4v) is 2.72. The Labute approximate surface area is 121 Å². The van der Waals surface area contributed by atoms with E-state index in [1.54, 1.807) is 0 Å². The molecule has 0 saturated heterocycles. The summed E-state index contributed by atoms with van der Waals surface area (Å²) in [6.45, 7) is 2.04. The zero-order valence-corrected chi connectivity index (χ0v) is 11.9. The first-order valence-corrected chi connectivity index (χ1v) is 6.80. The molecule has 0 aliphatic carbocycles. The molecule has 4 rings (SSSR count). The van der Waals surface area contributed by atoms with Gasteiger partial charge in [-0.1, -0.05) is 12.1 Å². The van der Waals surface area contributed by atoms with Gasteiger partial charge in [-0.15, -0.1) is 0 Å². The van der Waals surface area contributed by atoms with Crippen molar-refractivity contribution in [2.45, 2.75) is 6.92 Å². The number of pyridine rings is 1. The maximum atomic E-state index is 6.26. The molecule has 21 heavy (non-hydrogen) atoms. The molecule has 0 unspecified atom stereocenters. The normalized spacial score (nSPS) is 11.5. The lowest BCUT2D eigenvalue weighted by Gasteiger charge is -2.00. The molecule has 5 nitrogen and oxygen atoms in total. The van der Waals surface area contributed by atoms with E-state index in [2.05, 4.69) is 4.98 Å². The first-order valence-electron chi connectivity index (χ1n) is 6.80. The van der Waals surface area contributed by atoms with Gasteiger partial charge in [-0.3, -0.25) is 4.40 Å². The summed E-state index contributed by atoms with van der Waals surface area (Å²) in [5.74, 6) is 0.656. The Morgan fingerprint density at radius 3 is 2.86 bits per heavy atom. The van der Waals surface area contributed by atoms with Crippen molar-refractivity contribution in [3.63, 3.8) is 0 Å². The van der Waals surface area contributed by atoms with Gasteiger partial charge in [0.2, 0.25) is 0 Å². The predicted molar refractivity (Wildman–Crippen MR) is 84.0 cm³/mol. The molecule has 5 heteroatoms. The Kier molecular flexibility index (Phi) is 2.33. The topological polar surface area (TPSA) is 61.1 Å². The Hall–Kier alpha value is -2.82. The zero-order valence-electron chi connectivity index (χ0n) is 11.9. The molecule has 0 saturated carbocycles. The van der Waals surface area contributed by atoms with Crippen LogP contribution in [0, 0.1) is 6.92 Å². The Bertz CT molecular complexity index is 977. The van der Waals surface area contributed by atoms with E-state index in [-0.39, 0.29) is 0 Å². The number of benzene rings is 1. The van der Waals surface area contributed by atoms with Gasteiger partial charge in [0.1, 0.15) is 17.2 Å². The number of nitrogen functional groups attached to an aromatic ring is 1. The van der Waals surface area contributed by atoms with Gasteiger partial charge in [-0.2, -0.15) is 0 Å². The molecule has 0 bridgehead atoms. The number of imidazole rings is 2. The van der Waals surface area contributed by atoms with Gasteiger partial charge in [-0.05, 0) is 30.7 Å². The van der Waals surface area contributed by atoms with Crippen molar-refractivity contribution in [2.24, 2.45) is 7.05 Å². The number of nitrogens with two attached hydrogens (primary N) is 1. The van der Waals surface area contributed by atoms with Crippen LogP contribution in [0.25, 0.3) is 27.9 Å². The number of nitrogens with zero attached hydrogens (tertiary/aromatic N) is 4. The second kappa shape index (κ2) is 4.09. The second-order valence-corrected chi connectivity index (χ2v) is 5.29. The van der Waals surface area contributed by atoms with Crippen LogP contribution < -0.4 is 5.73 Å². The number of rotatable bonds is 1. The first kappa shape index (κ1) is 12.0. The minimum Gasteiger partial charge on any atom is -0.383 e. The van der Waals surface area contributed by atoms with E-state index in [4.69, 9.17) is 10.7 Å². The number of aromatic nitrogens is 4. The molecule has 0 atom stereocenters. The summed E-state index contributed by atoms with van der Waals surface area (Å²) in [6, 6.07) is 10.1. The second-order valence-electron chi connectivity index (χ2n) is 5.29. The molecule has 3 aromatic heterocycles. The summed E-state index contributed by atoms with van der Waals surface area (Å²) in [5.41, 5.74) is 12.1. The van der Waals surface area contributed by atoms with Gasteiger partial charge in [0.05, 0.1) is 17.4 Å². The van der Waals surface area contributed by atoms with Gasteiger partial charge in [0.25, 0.3) is 0 Å². The highest BCUT2D eigenvalue weighted by Crippen LogP contribution is 2.29. The summed E-state index contributed by atoms with van der Waals surface area (Å²) < 4.78 is 3.92. The molecule has 2 N–H and O–H groups in total. The number of anilines is 1. The third-order valence-electron chi connectivity index (χ3n) is 3.88. The Morgan fingerprint density at radius 1 is 1.19 bits per heavy atom. The van der Waals surface area contributed by atoms with Crippen LogP contribution in [0.3, 0.4) is 0 Å². The first-order chi connectivity index (χ1) is 10.1. The van der Waals surface area contributed by atoms with Gasteiger partial charge in [0.15, 0.2) is 0 Å². The predicted octanol–water partition coefficient (Wildman–Crippen LogP) is 2.78. The number of fused-ring (bicyclic) bond motifs is 2. The molecule has 3 heterocycles. The molecule has 0 radical (unpaired) electrons. The van der Waals surface area contributed by atoms with E-state index in [0.29, 0.717) is 5.82 Å². The summed E-state index contributed by atoms with van der Waals surface area (Å²) in [6.07, 6.45) is 3.75. The molecule has 104 valence electrons. The number of hydrogen-bond donors (Lipinski definition) is 1. The van der Waals surface area contributed by atoms with Crippen molar-refractivity contribution in [1.29, 1.82) is 0 Å². The van der Waals surface area contributed by atoms with Gasteiger partial charge >= 0.3 is 0 Å². The number of aryl methyl sites for hydroxylation is 2. The minimum absolute atomic E-state index is 0.656. The summed E-state index contributed by atoms with van der Waals surface area (Å²) in [7, 11) is 1.98. The lowest BCUT2D eigenvalue weighted by Crippen LogP contribution is -1.94. The maximum absolute atomic E-state index is 6.26. The highest BCUT2D eigenvalue weighted by atomic mass is 15.1. The third kappa shape index (κ3) is 1.64. The largest absolute Gasteiger partial charge is 0.383 e. The van der Waals surface area contributed by atoms with E-state index >= 15 is 0 Å². The van der Waals surface area contributed by atoms with Crippen LogP contribution >= 0.6 is 0 Å². The van der Waals surface area contributed by atoms with E-state index in [9.17, 15) is 0 Å². The van der Waals surface area contributed by atoms with Crippen molar-refractivity contribution in [2.75, 3.05) is 5.73 Å². The summed E-state index contributed by atoms with van der Waals surface area (Å²) in [4.78, 5) is 9.09. The fraction of sp³-hybridized carbons (Fsp3) is 0.125. The highest BCUT2D eigenvalue weighted by molar-refractivity contribution is 5.85. The summed E-state index contributed by atoms with van der Waals surface area (Å²) >= 11 is 0. The summed E-state index contributed by atoms with van der Waals surface area (Å²) in [5, 5.41) is 0. The Morgan fingerprint density at radius 2 is 2.05 bits per heavy atom. The van der Waals surface area contributed by atoms with Gasteiger partial charge in [-0.25, -0.2) is 9.97 Å². The molecule has 0 aliphatic heterocycles. The van der Waals surface area contributed by atoms with Crippen molar-refractivity contribution in [1.82, 2.24) is 18.9 Å². The van der Waals surface area contributed by atoms with E-state index < -0.39 is 0 Å². The van der Waals surface area contributed by atoms with Gasteiger partial charge < -0.3 is 10.3 Å². The quantitative estimate of drug-likeness (QED) is 0.582. The SMILES string of the molecule is Cc1cccn2c(N)c(-c3ccc4c(c3)ncn4C)nc12. The van der Waals surface area contributed by atoms with Crippen LogP contribution in [0.5, 0.6) is 0 Å². The van der Waals surface area contributed by atoms with Crippen LogP contribution in [0.4, 0.5) is 5.82 Å². The molecular weight excluding hydrogens is 262 g/mol. The average molecular weight is 277 g/mol. The lowest BCUT2D eigenvalue weighted by molar-refractivity contribution is 0.948. The molecule has 0 aliphatic rings. The molecule has 4 aromatic rings. The van der Waals surface area contributed by atoms with Crippen LogP contribution in [0.2, 0.25) is 0 Å². The minimum atomic E-state index is 0.656. The van der Waals surface area contributed by atoms with Crippen molar-refractivity contribution in [3.8, 4) is 11.3 Å². The van der Waals surface area contributed by atoms with Crippen LogP contribution in [0.15, 0.2) is 42.9 Å². The maximum Gasteiger partial charge on any atom is 0.142 e. The van der Waals surface area contributed by atoms with Crippen molar-refractivity contribution >= 4 is 22.5 Å². The zero-order chi connectivity index (χ0) is 14.6. The highest BCUT2D eigenvalue weighted by Gasteiger charge is 2.13. The smallest absolute Gasteiger partial charge is 0.142 e. The molecule has 1 aromatic carbocycles. The average Bonchev–Trinajstić information content (AvgIpc) is 3.02. The fourth-order valence-electron chi connectivity index (χ4n) is 2.72.